The van der Waals surface area contributed by atoms with Crippen LogP contribution in [0, 0.1) is 0 Å². The molecule has 0 aliphatic heterocycles. The number of thiophene rings is 1. The second-order valence-electron chi connectivity index (χ2n) is 3.66. The number of nitrogens with one attached hydrogen (secondary N) is 1. The zero-order valence-electron chi connectivity index (χ0n) is 8.84. The summed E-state index contributed by atoms with van der Waals surface area (Å²) in [6, 6.07) is 6.63. The van der Waals surface area contributed by atoms with Crippen molar-refractivity contribution in [3.05, 3.63) is 40.6 Å². The van der Waals surface area contributed by atoms with Gasteiger partial charge < -0.3 is 15.5 Å². The van der Waals surface area contributed by atoms with E-state index in [4.69, 9.17) is 0 Å². The van der Waals surface area contributed by atoms with E-state index in [-0.39, 0.29) is 17.5 Å². The fourth-order valence-corrected chi connectivity index (χ4v) is 2.14. The molecule has 0 fully saturated rings. The van der Waals surface area contributed by atoms with Crippen molar-refractivity contribution in [3.8, 4) is 11.5 Å². The van der Waals surface area contributed by atoms with E-state index in [9.17, 15) is 10.2 Å². The normalized spacial score (nSPS) is 12.3. The highest BCUT2D eigenvalue weighted by Gasteiger charge is 2.08. The third-order valence-electron chi connectivity index (χ3n) is 2.33. The summed E-state index contributed by atoms with van der Waals surface area (Å²) < 4.78 is 0. The van der Waals surface area contributed by atoms with Crippen LogP contribution in [0.4, 0.5) is 5.69 Å². The highest BCUT2D eigenvalue weighted by molar-refractivity contribution is 7.08. The molecule has 1 unspecified atom stereocenters. The van der Waals surface area contributed by atoms with Crippen LogP contribution in [0.1, 0.15) is 18.5 Å². The number of aromatic hydroxyl groups is 2. The van der Waals surface area contributed by atoms with Crippen LogP contribution in [0.5, 0.6) is 11.5 Å². The Hall–Kier alpha value is -1.68. The first kappa shape index (κ1) is 10.8. The average Bonchev–Trinajstić information content (AvgIpc) is 2.68. The van der Waals surface area contributed by atoms with Gasteiger partial charge in [-0.05, 0) is 36.1 Å². The van der Waals surface area contributed by atoms with Crippen LogP contribution in [0.3, 0.4) is 0 Å². The van der Waals surface area contributed by atoms with Gasteiger partial charge in [-0.25, -0.2) is 0 Å². The van der Waals surface area contributed by atoms with Crippen molar-refractivity contribution in [3.63, 3.8) is 0 Å². The number of hydrogen-bond donors (Lipinski definition) is 3. The van der Waals surface area contributed by atoms with Gasteiger partial charge in [0.2, 0.25) is 0 Å². The van der Waals surface area contributed by atoms with E-state index in [1.807, 2.05) is 23.8 Å². The van der Waals surface area contributed by atoms with E-state index in [2.05, 4.69) is 5.32 Å². The third kappa shape index (κ3) is 2.46. The van der Waals surface area contributed by atoms with Gasteiger partial charge in [0.15, 0.2) is 0 Å². The largest absolute Gasteiger partial charge is 0.508 e. The Morgan fingerprint density at radius 3 is 2.44 bits per heavy atom. The lowest BCUT2D eigenvalue weighted by atomic mass is 10.1. The third-order valence-corrected chi connectivity index (χ3v) is 3.01. The zero-order chi connectivity index (χ0) is 11.5. The summed E-state index contributed by atoms with van der Waals surface area (Å²) in [7, 11) is 0. The minimum absolute atomic E-state index is 0.0348. The molecule has 0 saturated heterocycles. The summed E-state index contributed by atoms with van der Waals surface area (Å²) in [6.45, 7) is 1.98. The van der Waals surface area contributed by atoms with Crippen molar-refractivity contribution in [2.75, 3.05) is 5.32 Å². The summed E-state index contributed by atoms with van der Waals surface area (Å²) in [6.07, 6.45) is 0. The molecule has 84 valence electrons. The van der Waals surface area contributed by atoms with E-state index in [1.165, 1.54) is 6.07 Å². The topological polar surface area (TPSA) is 52.5 Å². The number of rotatable bonds is 3. The van der Waals surface area contributed by atoms with E-state index >= 15 is 0 Å². The van der Waals surface area contributed by atoms with Gasteiger partial charge in [0.05, 0.1) is 0 Å². The zero-order valence-corrected chi connectivity index (χ0v) is 9.66. The number of benzene rings is 1. The lowest BCUT2D eigenvalue weighted by Crippen LogP contribution is -2.05. The summed E-state index contributed by atoms with van der Waals surface area (Å²) >= 11 is 1.62. The van der Waals surface area contributed by atoms with Crippen molar-refractivity contribution in [1.82, 2.24) is 0 Å². The molecule has 0 aliphatic rings. The highest BCUT2D eigenvalue weighted by atomic mass is 32.1. The predicted octanol–water partition coefficient (Wildman–Crippen LogP) is 3.33. The van der Waals surface area contributed by atoms with Crippen LogP contribution in [-0.2, 0) is 0 Å². The Morgan fingerprint density at radius 2 is 1.88 bits per heavy atom. The number of phenolic OH excluding ortho intramolecular Hbond substituents is 2. The van der Waals surface area contributed by atoms with Crippen molar-refractivity contribution >= 4 is 17.0 Å². The first-order chi connectivity index (χ1) is 7.65. The molecule has 16 heavy (non-hydrogen) atoms. The van der Waals surface area contributed by atoms with Crippen molar-refractivity contribution in [1.29, 1.82) is 0 Å². The number of anilines is 1. The Kier molecular flexibility index (Phi) is 3.01. The predicted molar refractivity (Wildman–Crippen MR) is 66.1 cm³/mol. The van der Waals surface area contributed by atoms with E-state index in [0.29, 0.717) is 0 Å². The molecule has 0 spiro atoms. The summed E-state index contributed by atoms with van der Waals surface area (Å²) in [5, 5.41) is 26.1. The average molecular weight is 235 g/mol. The quantitative estimate of drug-likeness (QED) is 0.764. The van der Waals surface area contributed by atoms with Gasteiger partial charge in [0.25, 0.3) is 0 Å². The molecule has 2 aromatic rings. The Morgan fingerprint density at radius 1 is 1.19 bits per heavy atom. The van der Waals surface area contributed by atoms with E-state index in [1.54, 1.807) is 23.5 Å². The molecule has 2 rings (SSSR count). The van der Waals surface area contributed by atoms with Crippen LogP contribution in [-0.4, -0.2) is 10.2 Å². The molecular weight excluding hydrogens is 222 g/mol. The summed E-state index contributed by atoms with van der Waals surface area (Å²) in [5.41, 5.74) is 1.89. The summed E-state index contributed by atoms with van der Waals surface area (Å²) in [5.74, 6) is 0.155. The number of phenols is 2. The van der Waals surface area contributed by atoms with Gasteiger partial charge in [-0.1, -0.05) is 0 Å². The molecule has 4 heteroatoms. The fourth-order valence-electron chi connectivity index (χ4n) is 1.55. The Balaban J connectivity index is 2.17. The maximum atomic E-state index is 9.38. The second kappa shape index (κ2) is 4.45. The standard InChI is InChI=1S/C12H13NO2S/c1-8(13-10-2-3-16-7-10)9-4-11(14)6-12(15)5-9/h2-8,13-15H,1H3. The maximum absolute atomic E-state index is 9.38. The molecule has 1 atom stereocenters. The highest BCUT2D eigenvalue weighted by Crippen LogP contribution is 2.27. The molecule has 0 saturated carbocycles. The molecule has 0 bridgehead atoms. The van der Waals surface area contributed by atoms with Crippen LogP contribution in [0.25, 0.3) is 0 Å². The minimum atomic E-state index is 0.0348. The van der Waals surface area contributed by atoms with E-state index in [0.717, 1.165) is 11.3 Å². The van der Waals surface area contributed by atoms with Gasteiger partial charge in [0.1, 0.15) is 11.5 Å². The smallest absolute Gasteiger partial charge is 0.119 e. The van der Waals surface area contributed by atoms with E-state index < -0.39 is 0 Å². The molecule has 1 aromatic heterocycles. The molecule has 1 heterocycles. The van der Waals surface area contributed by atoms with Crippen molar-refractivity contribution in [2.45, 2.75) is 13.0 Å². The van der Waals surface area contributed by atoms with Crippen molar-refractivity contribution < 1.29 is 10.2 Å². The Labute approximate surface area is 98.0 Å². The first-order valence-corrected chi connectivity index (χ1v) is 5.91. The first-order valence-electron chi connectivity index (χ1n) is 4.97. The molecule has 3 N–H and O–H groups in total. The maximum Gasteiger partial charge on any atom is 0.119 e. The SMILES string of the molecule is CC(Nc1ccsc1)c1cc(O)cc(O)c1. The number of hydrogen-bond acceptors (Lipinski definition) is 4. The second-order valence-corrected chi connectivity index (χ2v) is 4.44. The van der Waals surface area contributed by atoms with Gasteiger partial charge in [-0.15, -0.1) is 0 Å². The molecule has 0 amide bonds. The molecule has 0 aliphatic carbocycles. The van der Waals surface area contributed by atoms with Gasteiger partial charge in [-0.3, -0.25) is 0 Å². The van der Waals surface area contributed by atoms with Gasteiger partial charge in [-0.2, -0.15) is 11.3 Å². The fraction of sp³-hybridized carbons (Fsp3) is 0.167. The monoisotopic (exact) mass is 235 g/mol. The van der Waals surface area contributed by atoms with Crippen LogP contribution >= 0.6 is 11.3 Å². The summed E-state index contributed by atoms with van der Waals surface area (Å²) in [4.78, 5) is 0. The molecule has 1 aromatic carbocycles. The minimum Gasteiger partial charge on any atom is -0.508 e. The molecule has 3 nitrogen and oxygen atoms in total. The van der Waals surface area contributed by atoms with Crippen molar-refractivity contribution in [2.24, 2.45) is 0 Å². The van der Waals surface area contributed by atoms with Gasteiger partial charge in [0, 0.05) is 23.2 Å². The lowest BCUT2D eigenvalue weighted by molar-refractivity contribution is 0.448. The van der Waals surface area contributed by atoms with Crippen LogP contribution in [0.15, 0.2) is 35.0 Å². The van der Waals surface area contributed by atoms with Gasteiger partial charge >= 0.3 is 0 Å². The molecule has 0 radical (unpaired) electrons. The van der Waals surface area contributed by atoms with Crippen LogP contribution < -0.4 is 5.32 Å². The lowest BCUT2D eigenvalue weighted by Gasteiger charge is -2.15. The Bertz CT molecular complexity index is 448. The van der Waals surface area contributed by atoms with Crippen LogP contribution in [0.2, 0.25) is 0 Å². The molecular formula is C12H13NO2S.